The Morgan fingerprint density at radius 2 is 2.31 bits per heavy atom. The van der Waals surface area contributed by atoms with Crippen LogP contribution in [0.2, 0.25) is 0 Å². The van der Waals surface area contributed by atoms with Gasteiger partial charge in [0.15, 0.2) is 0 Å². The second-order valence-corrected chi connectivity index (χ2v) is 3.72. The van der Waals surface area contributed by atoms with Gasteiger partial charge in [-0.3, -0.25) is 4.79 Å². The normalized spacial score (nSPS) is 14.0. The summed E-state index contributed by atoms with van der Waals surface area (Å²) in [6, 6.07) is 6.94. The van der Waals surface area contributed by atoms with Gasteiger partial charge in [-0.2, -0.15) is 5.26 Å². The Balaban J connectivity index is 2.27. The van der Waals surface area contributed by atoms with Gasteiger partial charge in [0.2, 0.25) is 0 Å². The Morgan fingerprint density at radius 3 is 2.88 bits per heavy atom. The lowest BCUT2D eigenvalue weighted by molar-refractivity contribution is 0.0963. The summed E-state index contributed by atoms with van der Waals surface area (Å²) in [5.41, 5.74) is 0.884. The molecule has 0 heterocycles. The molecule has 4 heteroatoms. The molecule has 16 heavy (non-hydrogen) atoms. The molecule has 2 rings (SSSR count). The molecule has 0 saturated heterocycles. The van der Waals surface area contributed by atoms with E-state index in [4.69, 9.17) is 10.00 Å². The van der Waals surface area contributed by atoms with E-state index in [1.54, 1.807) is 25.2 Å². The maximum Gasteiger partial charge on any atom is 0.251 e. The molecule has 1 fully saturated rings. The summed E-state index contributed by atoms with van der Waals surface area (Å²) in [6.45, 7) is 0. The van der Waals surface area contributed by atoms with E-state index in [1.807, 2.05) is 6.07 Å². The minimum Gasteiger partial charge on any atom is -0.489 e. The molecular formula is C12H12N2O2. The van der Waals surface area contributed by atoms with Gasteiger partial charge in [0.1, 0.15) is 11.8 Å². The number of ether oxygens (including phenoxy) is 1. The number of benzene rings is 1. The van der Waals surface area contributed by atoms with Crippen LogP contribution in [0.1, 0.15) is 28.8 Å². The van der Waals surface area contributed by atoms with Gasteiger partial charge in [0, 0.05) is 12.6 Å². The molecule has 1 aliphatic rings. The predicted octanol–water partition coefficient (Wildman–Crippen LogP) is 1.46. The number of nitrogens with zero attached hydrogens (tertiary/aromatic N) is 1. The zero-order valence-electron chi connectivity index (χ0n) is 8.99. The number of nitrogens with one attached hydrogen (secondary N) is 1. The summed E-state index contributed by atoms with van der Waals surface area (Å²) in [7, 11) is 1.56. The van der Waals surface area contributed by atoms with Crippen LogP contribution in [0.25, 0.3) is 0 Å². The van der Waals surface area contributed by atoms with Crippen molar-refractivity contribution in [3.8, 4) is 11.8 Å². The third-order valence-electron chi connectivity index (χ3n) is 2.41. The number of carbonyl (C=O) groups excluding carboxylic acids is 1. The second kappa shape index (κ2) is 4.23. The number of amides is 1. The van der Waals surface area contributed by atoms with Gasteiger partial charge in [-0.1, -0.05) is 0 Å². The smallest absolute Gasteiger partial charge is 0.251 e. The average molecular weight is 216 g/mol. The molecule has 0 spiro atoms. The van der Waals surface area contributed by atoms with E-state index in [0.717, 1.165) is 12.8 Å². The molecule has 1 aromatic carbocycles. The molecule has 1 saturated carbocycles. The van der Waals surface area contributed by atoms with Crippen LogP contribution in [0.4, 0.5) is 0 Å². The molecule has 0 radical (unpaired) electrons. The summed E-state index contributed by atoms with van der Waals surface area (Å²) < 4.78 is 5.56. The molecule has 1 amide bonds. The van der Waals surface area contributed by atoms with Gasteiger partial charge >= 0.3 is 0 Å². The maximum absolute atomic E-state index is 11.4. The summed E-state index contributed by atoms with van der Waals surface area (Å²) in [5.74, 6) is 0.368. The van der Waals surface area contributed by atoms with Crippen LogP contribution in [0.5, 0.6) is 5.75 Å². The lowest BCUT2D eigenvalue weighted by Gasteiger charge is -2.07. The summed E-state index contributed by atoms with van der Waals surface area (Å²) in [4.78, 5) is 11.4. The number of hydrogen-bond acceptors (Lipinski definition) is 3. The highest BCUT2D eigenvalue weighted by atomic mass is 16.5. The largest absolute Gasteiger partial charge is 0.489 e. The van der Waals surface area contributed by atoms with E-state index in [1.165, 1.54) is 0 Å². The fourth-order valence-electron chi connectivity index (χ4n) is 1.37. The first-order valence-electron chi connectivity index (χ1n) is 5.17. The molecule has 0 atom stereocenters. The second-order valence-electron chi connectivity index (χ2n) is 3.72. The van der Waals surface area contributed by atoms with Crippen LogP contribution in [0.3, 0.4) is 0 Å². The van der Waals surface area contributed by atoms with Crippen LogP contribution in [-0.4, -0.2) is 19.1 Å². The maximum atomic E-state index is 11.4. The van der Waals surface area contributed by atoms with Crippen molar-refractivity contribution in [2.24, 2.45) is 0 Å². The number of nitriles is 1. The Bertz CT molecular complexity index is 459. The van der Waals surface area contributed by atoms with Gasteiger partial charge in [0.05, 0.1) is 11.7 Å². The lowest BCUT2D eigenvalue weighted by Crippen LogP contribution is -2.17. The first-order valence-corrected chi connectivity index (χ1v) is 5.17. The van der Waals surface area contributed by atoms with Crippen LogP contribution in [0.15, 0.2) is 18.2 Å². The summed E-state index contributed by atoms with van der Waals surface area (Å²) in [6.07, 6.45) is 2.34. The van der Waals surface area contributed by atoms with Crippen molar-refractivity contribution in [1.82, 2.24) is 5.32 Å². The Labute approximate surface area is 93.8 Å². The molecule has 82 valence electrons. The number of carbonyl (C=O) groups is 1. The highest BCUT2D eigenvalue weighted by molar-refractivity contribution is 5.94. The highest BCUT2D eigenvalue weighted by Gasteiger charge is 2.24. The lowest BCUT2D eigenvalue weighted by atomic mass is 10.1. The molecule has 1 aromatic rings. The van der Waals surface area contributed by atoms with Crippen molar-refractivity contribution >= 4 is 5.91 Å². The molecule has 0 aromatic heterocycles. The third-order valence-corrected chi connectivity index (χ3v) is 2.41. The van der Waals surface area contributed by atoms with Crippen molar-refractivity contribution in [2.75, 3.05) is 7.05 Å². The zero-order chi connectivity index (χ0) is 11.5. The van der Waals surface area contributed by atoms with E-state index in [0.29, 0.717) is 16.9 Å². The fraction of sp³-hybridized carbons (Fsp3) is 0.333. The highest BCUT2D eigenvalue weighted by Crippen LogP contribution is 2.29. The topological polar surface area (TPSA) is 62.1 Å². The Morgan fingerprint density at radius 1 is 1.56 bits per heavy atom. The zero-order valence-corrected chi connectivity index (χ0v) is 8.99. The minimum atomic E-state index is -0.200. The van der Waals surface area contributed by atoms with Crippen molar-refractivity contribution < 1.29 is 9.53 Å². The Kier molecular flexibility index (Phi) is 2.78. The van der Waals surface area contributed by atoms with E-state index in [9.17, 15) is 4.79 Å². The van der Waals surface area contributed by atoms with E-state index in [2.05, 4.69) is 5.32 Å². The quantitative estimate of drug-likeness (QED) is 0.832. The predicted molar refractivity (Wildman–Crippen MR) is 58.2 cm³/mol. The van der Waals surface area contributed by atoms with E-state index in [-0.39, 0.29) is 12.0 Å². The SMILES string of the molecule is CNC(=O)c1ccc(OC2CC2)c(C#N)c1. The molecule has 0 unspecified atom stereocenters. The van der Waals surface area contributed by atoms with Crippen LogP contribution < -0.4 is 10.1 Å². The number of hydrogen-bond donors (Lipinski definition) is 1. The first-order chi connectivity index (χ1) is 7.74. The first kappa shape index (κ1) is 10.5. The van der Waals surface area contributed by atoms with E-state index >= 15 is 0 Å². The summed E-state index contributed by atoms with van der Waals surface area (Å²) >= 11 is 0. The minimum absolute atomic E-state index is 0.200. The van der Waals surface area contributed by atoms with Crippen LogP contribution in [-0.2, 0) is 0 Å². The molecule has 1 aliphatic carbocycles. The van der Waals surface area contributed by atoms with Crippen LogP contribution >= 0.6 is 0 Å². The standard InChI is InChI=1S/C12H12N2O2/c1-14-12(15)8-2-5-11(9(6-8)7-13)16-10-3-4-10/h2,5-6,10H,3-4H2,1H3,(H,14,15). The number of rotatable bonds is 3. The third kappa shape index (κ3) is 2.14. The van der Waals surface area contributed by atoms with Gasteiger partial charge in [-0.25, -0.2) is 0 Å². The van der Waals surface area contributed by atoms with Crippen molar-refractivity contribution in [3.63, 3.8) is 0 Å². The van der Waals surface area contributed by atoms with Gasteiger partial charge in [0.25, 0.3) is 5.91 Å². The molecular weight excluding hydrogens is 204 g/mol. The van der Waals surface area contributed by atoms with Crippen molar-refractivity contribution in [3.05, 3.63) is 29.3 Å². The van der Waals surface area contributed by atoms with Crippen molar-refractivity contribution in [1.29, 1.82) is 5.26 Å². The fourth-order valence-corrected chi connectivity index (χ4v) is 1.37. The molecule has 0 aliphatic heterocycles. The van der Waals surface area contributed by atoms with E-state index < -0.39 is 0 Å². The monoisotopic (exact) mass is 216 g/mol. The Hall–Kier alpha value is -2.02. The van der Waals surface area contributed by atoms with Gasteiger partial charge in [-0.05, 0) is 31.0 Å². The summed E-state index contributed by atoms with van der Waals surface area (Å²) in [5, 5.41) is 11.5. The molecule has 0 bridgehead atoms. The molecule has 4 nitrogen and oxygen atoms in total. The van der Waals surface area contributed by atoms with Gasteiger partial charge in [-0.15, -0.1) is 0 Å². The van der Waals surface area contributed by atoms with Crippen molar-refractivity contribution in [2.45, 2.75) is 18.9 Å². The van der Waals surface area contributed by atoms with Crippen LogP contribution in [0, 0.1) is 11.3 Å². The van der Waals surface area contributed by atoms with Gasteiger partial charge < -0.3 is 10.1 Å². The average Bonchev–Trinajstić information content (AvgIpc) is 3.12. The molecule has 1 N–H and O–H groups in total.